The third-order valence-electron chi connectivity index (χ3n) is 3.67. The monoisotopic (exact) mass is 315 g/mol. The zero-order valence-electron chi connectivity index (χ0n) is 8.56. The van der Waals surface area contributed by atoms with E-state index in [0.29, 0.717) is 0 Å². The molecular formula is C11H14IN3. The SMILES string of the molecule is Ic1cncnc1N1CC2CCCC2C1. The number of aromatic nitrogens is 2. The van der Waals surface area contributed by atoms with Crippen LogP contribution in [0, 0.1) is 15.4 Å². The minimum atomic E-state index is 0.927. The van der Waals surface area contributed by atoms with Gasteiger partial charge in [-0.3, -0.25) is 0 Å². The van der Waals surface area contributed by atoms with Crippen LogP contribution in [0.3, 0.4) is 0 Å². The van der Waals surface area contributed by atoms with Crippen molar-refractivity contribution < 1.29 is 0 Å². The molecule has 0 bridgehead atoms. The van der Waals surface area contributed by atoms with Gasteiger partial charge in [-0.25, -0.2) is 9.97 Å². The largest absolute Gasteiger partial charge is 0.355 e. The van der Waals surface area contributed by atoms with Gasteiger partial charge in [0.25, 0.3) is 0 Å². The molecule has 1 aliphatic carbocycles. The molecule has 0 amide bonds. The van der Waals surface area contributed by atoms with Crippen LogP contribution in [-0.4, -0.2) is 23.1 Å². The zero-order valence-corrected chi connectivity index (χ0v) is 10.7. The van der Waals surface area contributed by atoms with Crippen molar-refractivity contribution in [2.75, 3.05) is 18.0 Å². The summed E-state index contributed by atoms with van der Waals surface area (Å²) in [7, 11) is 0. The van der Waals surface area contributed by atoms with Crippen molar-refractivity contribution in [1.29, 1.82) is 0 Å². The molecule has 4 heteroatoms. The van der Waals surface area contributed by atoms with E-state index in [-0.39, 0.29) is 0 Å². The summed E-state index contributed by atoms with van der Waals surface area (Å²) in [5, 5.41) is 0. The average Bonchev–Trinajstić information content (AvgIpc) is 2.77. The van der Waals surface area contributed by atoms with Crippen molar-refractivity contribution >= 4 is 28.4 Å². The maximum atomic E-state index is 4.39. The predicted octanol–water partition coefficient (Wildman–Crippen LogP) is 2.32. The zero-order chi connectivity index (χ0) is 10.3. The number of nitrogens with zero attached hydrogens (tertiary/aromatic N) is 3. The fourth-order valence-corrected chi connectivity index (χ4v) is 3.59. The van der Waals surface area contributed by atoms with Gasteiger partial charge in [0.1, 0.15) is 12.1 Å². The molecule has 0 N–H and O–H groups in total. The van der Waals surface area contributed by atoms with Gasteiger partial charge in [0.15, 0.2) is 0 Å². The highest BCUT2D eigenvalue weighted by Gasteiger charge is 2.36. The highest BCUT2D eigenvalue weighted by molar-refractivity contribution is 14.1. The van der Waals surface area contributed by atoms with E-state index in [0.717, 1.165) is 17.7 Å². The molecule has 0 radical (unpaired) electrons. The minimum absolute atomic E-state index is 0.927. The van der Waals surface area contributed by atoms with Crippen LogP contribution in [0.1, 0.15) is 19.3 Å². The van der Waals surface area contributed by atoms with Crippen LogP contribution < -0.4 is 4.90 Å². The quantitative estimate of drug-likeness (QED) is 0.745. The molecule has 3 nitrogen and oxygen atoms in total. The lowest BCUT2D eigenvalue weighted by molar-refractivity contribution is 0.494. The summed E-state index contributed by atoms with van der Waals surface area (Å²) in [6, 6.07) is 0. The van der Waals surface area contributed by atoms with E-state index in [9.17, 15) is 0 Å². The molecule has 1 aromatic heterocycles. The Kier molecular flexibility index (Phi) is 2.54. The maximum absolute atomic E-state index is 4.39. The van der Waals surface area contributed by atoms with E-state index in [2.05, 4.69) is 37.5 Å². The van der Waals surface area contributed by atoms with Gasteiger partial charge in [0, 0.05) is 19.3 Å². The molecule has 2 atom stereocenters. The van der Waals surface area contributed by atoms with E-state index in [1.807, 2.05) is 6.20 Å². The van der Waals surface area contributed by atoms with Crippen molar-refractivity contribution in [2.24, 2.45) is 11.8 Å². The number of rotatable bonds is 1. The molecule has 0 spiro atoms. The second-order valence-electron chi connectivity index (χ2n) is 4.55. The van der Waals surface area contributed by atoms with Crippen molar-refractivity contribution in [3.63, 3.8) is 0 Å². The summed E-state index contributed by atoms with van der Waals surface area (Å²) in [6.45, 7) is 2.41. The molecule has 0 aromatic carbocycles. The standard InChI is InChI=1S/C11H14IN3/c12-10-4-13-7-14-11(10)15-5-8-2-1-3-9(8)6-15/h4,7-9H,1-3,5-6H2. The Bertz CT molecular complexity index is 357. The molecule has 15 heavy (non-hydrogen) atoms. The summed E-state index contributed by atoms with van der Waals surface area (Å²) < 4.78 is 1.18. The number of anilines is 1. The topological polar surface area (TPSA) is 29.0 Å². The van der Waals surface area contributed by atoms with Crippen LogP contribution in [0.15, 0.2) is 12.5 Å². The fraction of sp³-hybridized carbons (Fsp3) is 0.636. The Morgan fingerprint density at radius 2 is 2.00 bits per heavy atom. The lowest BCUT2D eigenvalue weighted by Crippen LogP contribution is -2.22. The van der Waals surface area contributed by atoms with E-state index in [1.54, 1.807) is 6.33 Å². The molecular weight excluding hydrogens is 301 g/mol. The van der Waals surface area contributed by atoms with Crippen molar-refractivity contribution in [1.82, 2.24) is 9.97 Å². The third kappa shape index (κ3) is 1.73. The van der Waals surface area contributed by atoms with Gasteiger partial charge in [0.2, 0.25) is 0 Å². The lowest BCUT2D eigenvalue weighted by Gasteiger charge is -2.18. The highest BCUT2D eigenvalue weighted by atomic mass is 127. The van der Waals surface area contributed by atoms with Gasteiger partial charge in [-0.2, -0.15) is 0 Å². The first-order chi connectivity index (χ1) is 7.34. The molecule has 1 saturated carbocycles. The predicted molar refractivity (Wildman–Crippen MR) is 67.8 cm³/mol. The molecule has 2 heterocycles. The van der Waals surface area contributed by atoms with Crippen LogP contribution >= 0.6 is 22.6 Å². The van der Waals surface area contributed by atoms with Crippen molar-refractivity contribution in [2.45, 2.75) is 19.3 Å². The molecule has 1 aliphatic heterocycles. The second kappa shape index (κ2) is 3.88. The van der Waals surface area contributed by atoms with E-state index in [1.165, 1.54) is 35.9 Å². The fourth-order valence-electron chi connectivity index (χ4n) is 2.95. The van der Waals surface area contributed by atoms with Crippen molar-refractivity contribution in [3.05, 3.63) is 16.1 Å². The Hall–Kier alpha value is -0.390. The number of hydrogen-bond acceptors (Lipinski definition) is 3. The average molecular weight is 315 g/mol. The van der Waals surface area contributed by atoms with Gasteiger partial charge in [-0.05, 0) is 47.3 Å². The Labute approximate surface area is 103 Å². The summed E-state index contributed by atoms with van der Waals surface area (Å²) in [5.74, 6) is 2.99. The van der Waals surface area contributed by atoms with Gasteiger partial charge >= 0.3 is 0 Å². The van der Waals surface area contributed by atoms with Crippen LogP contribution in [0.2, 0.25) is 0 Å². The number of hydrogen-bond donors (Lipinski definition) is 0. The summed E-state index contributed by atoms with van der Waals surface area (Å²) in [4.78, 5) is 10.9. The van der Waals surface area contributed by atoms with Gasteiger partial charge in [0.05, 0.1) is 3.57 Å². The molecule has 2 unspecified atom stereocenters. The maximum Gasteiger partial charge on any atom is 0.145 e. The highest BCUT2D eigenvalue weighted by Crippen LogP contribution is 2.39. The van der Waals surface area contributed by atoms with Crippen LogP contribution in [0.5, 0.6) is 0 Å². The summed E-state index contributed by atoms with van der Waals surface area (Å²) in [6.07, 6.45) is 7.83. The lowest BCUT2D eigenvalue weighted by atomic mass is 10.0. The molecule has 2 fully saturated rings. The Morgan fingerprint density at radius 1 is 1.27 bits per heavy atom. The number of halogens is 1. The van der Waals surface area contributed by atoms with Crippen LogP contribution in [0.25, 0.3) is 0 Å². The Balaban J connectivity index is 1.82. The van der Waals surface area contributed by atoms with E-state index in [4.69, 9.17) is 0 Å². The summed E-state index contributed by atoms with van der Waals surface area (Å²) in [5.41, 5.74) is 0. The van der Waals surface area contributed by atoms with Crippen LogP contribution in [-0.2, 0) is 0 Å². The normalized spacial score (nSPS) is 29.5. The van der Waals surface area contributed by atoms with Gasteiger partial charge < -0.3 is 4.90 Å². The van der Waals surface area contributed by atoms with Crippen LogP contribution in [0.4, 0.5) is 5.82 Å². The van der Waals surface area contributed by atoms with E-state index < -0.39 is 0 Å². The molecule has 1 aromatic rings. The van der Waals surface area contributed by atoms with Gasteiger partial charge in [-0.15, -0.1) is 0 Å². The third-order valence-corrected chi connectivity index (χ3v) is 4.43. The molecule has 1 saturated heterocycles. The van der Waals surface area contributed by atoms with Gasteiger partial charge in [-0.1, -0.05) is 6.42 Å². The minimum Gasteiger partial charge on any atom is -0.355 e. The first kappa shape index (κ1) is 9.81. The second-order valence-corrected chi connectivity index (χ2v) is 5.71. The number of fused-ring (bicyclic) bond motifs is 1. The smallest absolute Gasteiger partial charge is 0.145 e. The molecule has 80 valence electrons. The first-order valence-corrected chi connectivity index (χ1v) is 6.63. The molecule has 2 aliphatic rings. The molecule has 3 rings (SSSR count). The first-order valence-electron chi connectivity index (χ1n) is 5.55. The Morgan fingerprint density at radius 3 is 2.67 bits per heavy atom. The summed E-state index contributed by atoms with van der Waals surface area (Å²) >= 11 is 2.33. The van der Waals surface area contributed by atoms with Crippen molar-refractivity contribution in [3.8, 4) is 0 Å². The van der Waals surface area contributed by atoms with E-state index >= 15 is 0 Å².